The zero-order valence-corrected chi connectivity index (χ0v) is 31.7. The first-order chi connectivity index (χ1) is 27.5. The molecule has 57 heavy (non-hydrogen) atoms. The minimum atomic E-state index is 0. The van der Waals surface area contributed by atoms with E-state index in [1.807, 2.05) is 48.5 Å². The van der Waals surface area contributed by atoms with Crippen LogP contribution in [-0.2, 0) is 17.1 Å². The summed E-state index contributed by atoms with van der Waals surface area (Å²) in [7, 11) is 0. The smallest absolute Gasteiger partial charge is 0.0485 e. The summed E-state index contributed by atoms with van der Waals surface area (Å²) in [6.07, 6.45) is 23.1. The Morgan fingerprint density at radius 1 is 0.263 bits per heavy atom. The third-order valence-electron chi connectivity index (χ3n) is 10.3. The molecule has 4 nitrogen and oxygen atoms in total. The van der Waals surface area contributed by atoms with Gasteiger partial charge in [-0.3, -0.25) is 0 Å². The second-order valence-corrected chi connectivity index (χ2v) is 13.5. The summed E-state index contributed by atoms with van der Waals surface area (Å²) in [5, 5.41) is 3.73. The van der Waals surface area contributed by atoms with Crippen molar-refractivity contribution in [2.24, 2.45) is 0 Å². The molecule has 9 rings (SSSR count). The van der Waals surface area contributed by atoms with Gasteiger partial charge in [0.05, 0.1) is 0 Å². The summed E-state index contributed by atoms with van der Waals surface area (Å²) in [6.45, 7) is 0. The molecule has 8 bridgehead atoms. The molecule has 0 spiro atoms. The van der Waals surface area contributed by atoms with Crippen LogP contribution in [0.25, 0.3) is 22.3 Å². The standard InChI is InChI=1S/C52H32N4.Mn/c1-5-33-9-17-37(18-10-33)49-41-25-27-43(53-41)50(38-19-11-34(6-2)12-20-38)45-29-31-47(55-45)52(40-23-15-36(8-4)16-24-40)48-32-30-46(56-48)51(44-28-26-42(49)54-44)39-21-13-35(7-3)14-22-39;/h1-4,9-32,53-56H;. The normalized spacial score (nSPS) is 11.9. The summed E-state index contributed by atoms with van der Waals surface area (Å²) in [4.78, 5) is 15.2. The van der Waals surface area contributed by atoms with E-state index in [4.69, 9.17) is 25.7 Å². The number of hydrogen-bond donors (Lipinski definition) is 4. The molecule has 0 unspecified atom stereocenters. The number of benzene rings is 4. The molecule has 0 amide bonds. The molecule has 0 aliphatic carbocycles. The molecule has 0 saturated carbocycles. The van der Waals surface area contributed by atoms with Crippen molar-refractivity contribution in [1.82, 2.24) is 19.9 Å². The fourth-order valence-corrected chi connectivity index (χ4v) is 7.50. The maximum atomic E-state index is 5.77. The molecule has 5 heterocycles. The molecule has 5 heteroatoms. The van der Waals surface area contributed by atoms with E-state index in [1.165, 1.54) is 0 Å². The summed E-state index contributed by atoms with van der Waals surface area (Å²) >= 11 is 0. The molecule has 4 aromatic carbocycles. The Bertz CT molecular complexity index is 2810. The maximum Gasteiger partial charge on any atom is 0.0485 e. The molecule has 0 fully saturated rings. The van der Waals surface area contributed by atoms with Gasteiger partial charge in [-0.25, -0.2) is 0 Å². The van der Waals surface area contributed by atoms with Crippen molar-refractivity contribution in [3.05, 3.63) is 234 Å². The van der Waals surface area contributed by atoms with E-state index in [9.17, 15) is 0 Å². The van der Waals surface area contributed by atoms with Crippen LogP contribution in [0.3, 0.4) is 0 Å². The minimum Gasteiger partial charge on any atom is -0.354 e. The molecule has 4 aromatic heterocycles. The van der Waals surface area contributed by atoms with Gasteiger partial charge in [0.2, 0.25) is 0 Å². The number of nitrogens with one attached hydrogen (secondary N) is 4. The Kier molecular flexibility index (Phi) is 9.64. The zero-order chi connectivity index (χ0) is 38.2. The summed E-state index contributed by atoms with van der Waals surface area (Å²) in [5.74, 6) is 11.0. The van der Waals surface area contributed by atoms with Gasteiger partial charge in [0.25, 0.3) is 0 Å². The second kappa shape index (κ2) is 15.2. The Labute approximate surface area is 341 Å². The van der Waals surface area contributed by atoms with E-state index < -0.39 is 0 Å². The van der Waals surface area contributed by atoms with Crippen LogP contribution in [0.15, 0.2) is 146 Å². The van der Waals surface area contributed by atoms with Gasteiger partial charge in [-0.1, -0.05) is 72.2 Å². The van der Waals surface area contributed by atoms with Gasteiger partial charge in [-0.05, 0) is 119 Å². The fourth-order valence-electron chi connectivity index (χ4n) is 7.50. The molecule has 0 atom stereocenters. The van der Waals surface area contributed by atoms with E-state index in [0.29, 0.717) is 0 Å². The van der Waals surface area contributed by atoms with Crippen LogP contribution in [0.1, 0.15) is 67.3 Å². The van der Waals surface area contributed by atoms with Crippen molar-refractivity contribution in [3.63, 3.8) is 0 Å². The van der Waals surface area contributed by atoms with Crippen molar-refractivity contribution in [2.45, 2.75) is 0 Å². The van der Waals surface area contributed by atoms with Crippen molar-refractivity contribution >= 4 is 22.3 Å². The van der Waals surface area contributed by atoms with Gasteiger partial charge < -0.3 is 19.9 Å². The molecule has 0 saturated heterocycles. The van der Waals surface area contributed by atoms with Gasteiger partial charge in [0.1, 0.15) is 0 Å². The quantitative estimate of drug-likeness (QED) is 0.122. The van der Waals surface area contributed by atoms with E-state index in [1.54, 1.807) is 0 Å². The van der Waals surface area contributed by atoms with Gasteiger partial charge in [-0.15, -0.1) is 25.7 Å². The van der Waals surface area contributed by atoms with Crippen molar-refractivity contribution in [2.75, 3.05) is 0 Å². The molecule has 4 N–H and O–H groups in total. The Balaban J connectivity index is 0.00000455. The SMILES string of the molecule is C#Cc1ccc(C2=c3ccc([nH]3)=C(c3ccc(C#C)cc3)c3ccc([nH]3)C(c3ccc(C#C)cc3)=c3ccc([nH]3)=C(c3ccc(C#C)cc3)c3ccc2[nH]3)cc1.[Mn]. The van der Waals surface area contributed by atoms with E-state index in [2.05, 4.69) is 141 Å². The number of H-pyrrole nitrogens is 4. The Morgan fingerprint density at radius 2 is 0.474 bits per heavy atom. The van der Waals surface area contributed by atoms with Crippen LogP contribution >= 0.6 is 0 Å². The average Bonchev–Trinajstić information content (AvgIpc) is 4.10. The van der Waals surface area contributed by atoms with Crippen LogP contribution in [0.2, 0.25) is 0 Å². The van der Waals surface area contributed by atoms with Gasteiger partial charge in [0, 0.05) is 106 Å². The largest absolute Gasteiger partial charge is 0.354 e. The molecular formula is C52H32MnN4. The van der Waals surface area contributed by atoms with E-state index in [0.717, 1.165) is 111 Å². The number of fused-ring (bicyclic) bond motifs is 8. The molecule has 267 valence electrons. The first-order valence-corrected chi connectivity index (χ1v) is 18.1. The number of terminal acetylenes is 4. The fraction of sp³-hybridized carbons (Fsp3) is 0. The number of aromatic nitrogens is 4. The van der Waals surface area contributed by atoms with Gasteiger partial charge >= 0.3 is 0 Å². The van der Waals surface area contributed by atoms with Crippen molar-refractivity contribution in [3.8, 4) is 49.4 Å². The van der Waals surface area contributed by atoms with Gasteiger partial charge in [-0.2, -0.15) is 0 Å². The number of rotatable bonds is 4. The summed E-state index contributed by atoms with van der Waals surface area (Å²) < 4.78 is 0. The van der Waals surface area contributed by atoms with Crippen LogP contribution in [0, 0.1) is 49.4 Å². The predicted octanol–water partition coefficient (Wildman–Crippen LogP) is 6.22. The summed E-state index contributed by atoms with van der Waals surface area (Å²) in [5.41, 5.74) is 15.0. The first-order valence-electron chi connectivity index (χ1n) is 18.1. The number of aromatic amines is 4. The van der Waals surface area contributed by atoms with Crippen molar-refractivity contribution in [1.29, 1.82) is 0 Å². The monoisotopic (exact) mass is 767 g/mol. The minimum absolute atomic E-state index is 0. The molecule has 1 aliphatic rings. The van der Waals surface area contributed by atoms with E-state index >= 15 is 0 Å². The summed E-state index contributed by atoms with van der Waals surface area (Å²) in [6, 6.07) is 49.3. The first kappa shape index (κ1) is 36.2. The topological polar surface area (TPSA) is 63.2 Å². The Morgan fingerprint density at radius 3 is 0.667 bits per heavy atom. The van der Waals surface area contributed by atoms with Gasteiger partial charge in [0.15, 0.2) is 0 Å². The van der Waals surface area contributed by atoms with Crippen LogP contribution in [0.4, 0.5) is 0 Å². The average molecular weight is 768 g/mol. The van der Waals surface area contributed by atoms with Crippen LogP contribution in [-0.4, -0.2) is 19.9 Å². The molecule has 1 aliphatic heterocycles. The van der Waals surface area contributed by atoms with E-state index in [-0.39, 0.29) is 17.1 Å². The maximum absolute atomic E-state index is 5.77. The molecule has 1 radical (unpaired) electrons. The second-order valence-electron chi connectivity index (χ2n) is 13.5. The molecule has 8 aromatic rings. The van der Waals surface area contributed by atoms with Crippen LogP contribution in [0.5, 0.6) is 0 Å². The number of hydrogen-bond acceptors (Lipinski definition) is 0. The zero-order valence-electron chi connectivity index (χ0n) is 30.5. The third kappa shape index (κ3) is 6.68. The predicted molar refractivity (Wildman–Crippen MR) is 226 cm³/mol. The Hall–Kier alpha value is -7.76. The molecular weight excluding hydrogens is 736 g/mol. The third-order valence-corrected chi connectivity index (χ3v) is 10.3. The van der Waals surface area contributed by atoms with Crippen LogP contribution < -0.4 is 21.4 Å². The van der Waals surface area contributed by atoms with Crippen molar-refractivity contribution < 1.29 is 17.1 Å².